The lowest BCUT2D eigenvalue weighted by Crippen LogP contribution is -2.41. The molecule has 1 saturated heterocycles. The largest absolute Gasteiger partial charge is 0.465 e. The molecule has 0 aromatic carbocycles. The first kappa shape index (κ1) is 24.4. The van der Waals surface area contributed by atoms with Crippen molar-refractivity contribution in [2.45, 2.75) is 25.8 Å². The Hall–Kier alpha value is -3.25. The van der Waals surface area contributed by atoms with Gasteiger partial charge in [-0.2, -0.15) is 0 Å². The van der Waals surface area contributed by atoms with Crippen molar-refractivity contribution in [3.8, 4) is 0 Å². The van der Waals surface area contributed by atoms with E-state index >= 15 is 0 Å². The smallest absolute Gasteiger partial charge is 0.348 e. The minimum atomic E-state index is -0.770. The van der Waals surface area contributed by atoms with Crippen LogP contribution in [-0.2, 0) is 23.8 Å². The Morgan fingerprint density at radius 1 is 1.15 bits per heavy atom. The van der Waals surface area contributed by atoms with Crippen LogP contribution in [0.1, 0.15) is 48.1 Å². The van der Waals surface area contributed by atoms with Gasteiger partial charge in [-0.15, -0.1) is 22.7 Å². The summed E-state index contributed by atoms with van der Waals surface area (Å²) >= 11 is 2.14. The number of rotatable bonds is 7. The minimum Gasteiger partial charge on any atom is -0.465 e. The zero-order valence-corrected chi connectivity index (χ0v) is 19.8. The zero-order valence-electron chi connectivity index (χ0n) is 18.2. The van der Waals surface area contributed by atoms with Crippen LogP contribution in [0.5, 0.6) is 0 Å². The molecule has 3 rings (SSSR count). The molecule has 0 radical (unpaired) electrons. The van der Waals surface area contributed by atoms with E-state index in [0.29, 0.717) is 29.8 Å². The molecule has 0 spiro atoms. The number of ether oxygens (including phenoxy) is 3. The average Bonchev–Trinajstić information content (AvgIpc) is 3.56. The average molecular weight is 495 g/mol. The van der Waals surface area contributed by atoms with Crippen molar-refractivity contribution in [1.82, 2.24) is 4.90 Å². The standard InChI is InChI=1S/C21H22N2O8S2/c1-11-15(20(27)29-2)17(33-16(11)21(28)30-3)22-14(24)10-31-19(26)12-6-4-8-23(12)18(25)13-7-5-9-32-13/h5,7,9,12H,4,6,8,10H2,1-3H3,(H,22,24). The second-order valence-electron chi connectivity index (χ2n) is 7.03. The van der Waals surface area contributed by atoms with E-state index in [-0.39, 0.29) is 21.3 Å². The number of anilines is 1. The molecule has 0 saturated carbocycles. The molecule has 2 aromatic rings. The van der Waals surface area contributed by atoms with E-state index in [4.69, 9.17) is 14.2 Å². The second kappa shape index (κ2) is 10.6. The molecule has 0 aliphatic carbocycles. The van der Waals surface area contributed by atoms with Gasteiger partial charge in [-0.25, -0.2) is 14.4 Å². The summed E-state index contributed by atoms with van der Waals surface area (Å²) in [6.07, 6.45) is 1.09. The van der Waals surface area contributed by atoms with Crippen molar-refractivity contribution in [3.63, 3.8) is 0 Å². The van der Waals surface area contributed by atoms with Gasteiger partial charge in [-0.3, -0.25) is 9.59 Å². The molecule has 1 aliphatic heterocycles. The normalized spacial score (nSPS) is 15.1. The molecular formula is C21H22N2O8S2. The molecule has 176 valence electrons. The lowest BCUT2D eigenvalue weighted by Gasteiger charge is -2.22. The summed E-state index contributed by atoms with van der Waals surface area (Å²) in [6, 6.07) is 2.67. The van der Waals surface area contributed by atoms with E-state index in [1.54, 1.807) is 17.5 Å². The maximum absolute atomic E-state index is 12.6. The lowest BCUT2D eigenvalue weighted by atomic mass is 10.1. The summed E-state index contributed by atoms with van der Waals surface area (Å²) in [6.45, 7) is 1.33. The van der Waals surface area contributed by atoms with Gasteiger partial charge >= 0.3 is 17.9 Å². The number of esters is 3. The van der Waals surface area contributed by atoms with Crippen LogP contribution in [-0.4, -0.2) is 68.0 Å². The number of carbonyl (C=O) groups excluding carboxylic acids is 5. The highest BCUT2D eigenvalue weighted by Crippen LogP contribution is 2.34. The fraction of sp³-hybridized carbons (Fsp3) is 0.381. The molecule has 10 nitrogen and oxygen atoms in total. The van der Waals surface area contributed by atoms with Crippen molar-refractivity contribution in [2.75, 3.05) is 32.7 Å². The van der Waals surface area contributed by atoms with Crippen LogP contribution in [0, 0.1) is 6.92 Å². The Morgan fingerprint density at radius 2 is 1.88 bits per heavy atom. The van der Waals surface area contributed by atoms with E-state index in [1.807, 2.05) is 0 Å². The molecule has 3 heterocycles. The Morgan fingerprint density at radius 3 is 2.52 bits per heavy atom. The first-order chi connectivity index (χ1) is 15.8. The van der Waals surface area contributed by atoms with Crippen LogP contribution in [0.2, 0.25) is 0 Å². The molecule has 12 heteroatoms. The van der Waals surface area contributed by atoms with Crippen LogP contribution in [0.25, 0.3) is 0 Å². The van der Waals surface area contributed by atoms with Crippen molar-refractivity contribution < 1.29 is 38.2 Å². The van der Waals surface area contributed by atoms with Crippen molar-refractivity contribution >= 4 is 57.4 Å². The topological polar surface area (TPSA) is 128 Å². The number of likely N-dealkylation sites (tertiary alicyclic amines) is 1. The van der Waals surface area contributed by atoms with Gasteiger partial charge in [0.15, 0.2) is 6.61 Å². The third-order valence-corrected chi connectivity index (χ3v) is 7.07. The van der Waals surface area contributed by atoms with Gasteiger partial charge in [0.25, 0.3) is 11.8 Å². The Balaban J connectivity index is 1.65. The van der Waals surface area contributed by atoms with Gasteiger partial charge in [0.1, 0.15) is 15.9 Å². The lowest BCUT2D eigenvalue weighted by molar-refractivity contribution is -0.151. The SMILES string of the molecule is COC(=O)c1sc(NC(=O)COC(=O)C2CCCN2C(=O)c2cccs2)c(C(=O)OC)c1C. The molecule has 2 amide bonds. The van der Waals surface area contributed by atoms with Gasteiger partial charge in [-0.05, 0) is 36.8 Å². The highest BCUT2D eigenvalue weighted by atomic mass is 32.1. The number of amides is 2. The predicted molar refractivity (Wildman–Crippen MR) is 120 cm³/mol. The van der Waals surface area contributed by atoms with Crippen LogP contribution in [0.15, 0.2) is 17.5 Å². The summed E-state index contributed by atoms with van der Waals surface area (Å²) in [7, 11) is 2.38. The molecule has 2 aromatic heterocycles. The Kier molecular flexibility index (Phi) is 7.82. The number of nitrogens with one attached hydrogen (secondary N) is 1. The molecule has 0 bridgehead atoms. The fourth-order valence-electron chi connectivity index (χ4n) is 3.43. The number of thiophene rings is 2. The maximum Gasteiger partial charge on any atom is 0.348 e. The van der Waals surface area contributed by atoms with Crippen LogP contribution >= 0.6 is 22.7 Å². The van der Waals surface area contributed by atoms with Crippen LogP contribution in [0.4, 0.5) is 5.00 Å². The van der Waals surface area contributed by atoms with Gasteiger partial charge in [-0.1, -0.05) is 6.07 Å². The summed E-state index contributed by atoms with van der Waals surface area (Å²) in [5.74, 6) is -3.04. The van der Waals surface area contributed by atoms with Crippen molar-refractivity contribution in [1.29, 1.82) is 0 Å². The number of hydrogen-bond donors (Lipinski definition) is 1. The number of carbonyl (C=O) groups is 5. The van der Waals surface area contributed by atoms with Crippen LogP contribution < -0.4 is 5.32 Å². The molecule has 33 heavy (non-hydrogen) atoms. The fourth-order valence-corrected chi connectivity index (χ4v) is 5.24. The van der Waals surface area contributed by atoms with Gasteiger partial charge in [0.05, 0.1) is 24.7 Å². The number of hydrogen-bond acceptors (Lipinski definition) is 10. The van der Waals surface area contributed by atoms with Gasteiger partial charge in [0, 0.05) is 6.54 Å². The first-order valence-corrected chi connectivity index (χ1v) is 11.6. The van der Waals surface area contributed by atoms with E-state index in [2.05, 4.69) is 5.32 Å². The Labute approximate surface area is 197 Å². The van der Waals surface area contributed by atoms with E-state index in [1.165, 1.54) is 37.4 Å². The zero-order chi connectivity index (χ0) is 24.1. The second-order valence-corrected chi connectivity index (χ2v) is 9.00. The summed E-state index contributed by atoms with van der Waals surface area (Å²) in [5.41, 5.74) is 0.325. The quantitative estimate of drug-likeness (QED) is 0.459. The van der Waals surface area contributed by atoms with Gasteiger partial charge < -0.3 is 24.4 Å². The summed E-state index contributed by atoms with van der Waals surface area (Å²) in [5, 5.41) is 4.34. The predicted octanol–water partition coefficient (Wildman–Crippen LogP) is 2.48. The molecule has 1 unspecified atom stereocenters. The monoisotopic (exact) mass is 494 g/mol. The highest BCUT2D eigenvalue weighted by Gasteiger charge is 2.36. The van der Waals surface area contributed by atoms with E-state index in [9.17, 15) is 24.0 Å². The Bertz CT molecular complexity index is 1080. The maximum atomic E-state index is 12.6. The van der Waals surface area contributed by atoms with E-state index < -0.39 is 36.5 Å². The van der Waals surface area contributed by atoms with Crippen molar-refractivity contribution in [3.05, 3.63) is 38.4 Å². The van der Waals surface area contributed by atoms with Crippen LogP contribution in [0.3, 0.4) is 0 Å². The molecule has 1 N–H and O–H groups in total. The van der Waals surface area contributed by atoms with Crippen molar-refractivity contribution in [2.24, 2.45) is 0 Å². The molecular weight excluding hydrogens is 472 g/mol. The summed E-state index contributed by atoms with van der Waals surface area (Å²) in [4.78, 5) is 63.8. The highest BCUT2D eigenvalue weighted by molar-refractivity contribution is 7.18. The summed E-state index contributed by atoms with van der Waals surface area (Å²) < 4.78 is 14.6. The third kappa shape index (κ3) is 5.22. The number of nitrogens with zero attached hydrogens (tertiary/aromatic N) is 1. The number of methoxy groups -OCH3 is 2. The minimum absolute atomic E-state index is 0.0195. The van der Waals surface area contributed by atoms with E-state index in [0.717, 1.165) is 11.3 Å². The molecule has 1 aliphatic rings. The van der Waals surface area contributed by atoms with Gasteiger partial charge in [0.2, 0.25) is 0 Å². The molecule has 1 fully saturated rings. The first-order valence-electron chi connectivity index (χ1n) is 9.89. The third-order valence-electron chi connectivity index (χ3n) is 5.02. The molecule has 1 atom stereocenters.